The maximum absolute atomic E-state index is 10.7. The Labute approximate surface area is 114 Å². The molecule has 0 aliphatic heterocycles. The number of ether oxygens (including phenoxy) is 2. The topological polar surface area (TPSA) is 110 Å². The van der Waals surface area contributed by atoms with Crippen molar-refractivity contribution >= 4 is 20.0 Å². The van der Waals surface area contributed by atoms with E-state index in [1.54, 1.807) is 0 Å². The van der Waals surface area contributed by atoms with Crippen molar-refractivity contribution in [3.63, 3.8) is 0 Å². The molecule has 0 radical (unpaired) electrons. The number of hydrogen-bond acceptors (Lipinski definition) is 7. The van der Waals surface area contributed by atoms with E-state index in [0.717, 1.165) is 6.26 Å². The smallest absolute Gasteiger partial charge is 0.748 e. The summed E-state index contributed by atoms with van der Waals surface area (Å²) in [7, 11) is -7.26. The molecule has 0 fully saturated rings. The van der Waals surface area contributed by atoms with Gasteiger partial charge in [0.2, 0.25) is 0 Å². The van der Waals surface area contributed by atoms with Crippen molar-refractivity contribution in [3.05, 3.63) is 0 Å². The summed E-state index contributed by atoms with van der Waals surface area (Å²) in [6, 6.07) is 0. The van der Waals surface area contributed by atoms with Gasteiger partial charge in [0.25, 0.3) is 0 Å². The van der Waals surface area contributed by atoms with Gasteiger partial charge in [-0.2, -0.15) is 0 Å². The molecule has 0 atom stereocenters. The van der Waals surface area contributed by atoms with Crippen molar-refractivity contribution in [1.82, 2.24) is 0 Å². The summed E-state index contributed by atoms with van der Waals surface area (Å²) in [5.41, 5.74) is 0. The van der Waals surface area contributed by atoms with E-state index in [-0.39, 0.29) is 51.0 Å². The van der Waals surface area contributed by atoms with E-state index in [0.29, 0.717) is 0 Å². The van der Waals surface area contributed by atoms with E-state index >= 15 is 0 Å². The second kappa shape index (κ2) is 9.33. The standard InChI is InChI=1S/C7H16O7S2.Li/c1-15(8,9)6-4-13-2-3-14-5-7-16(10,11)12;/h2-7H2,1H3,(H,10,11,12);/q;+1/p-1. The zero-order valence-electron chi connectivity index (χ0n) is 9.92. The monoisotopic (exact) mass is 282 g/mol. The molecule has 0 aliphatic carbocycles. The molecule has 0 heterocycles. The van der Waals surface area contributed by atoms with Crippen molar-refractivity contribution in [2.75, 3.05) is 44.2 Å². The van der Waals surface area contributed by atoms with Crippen LogP contribution in [0, 0.1) is 0 Å². The van der Waals surface area contributed by atoms with Crippen LogP contribution in [0.5, 0.6) is 0 Å². The first kappa shape index (κ1) is 19.7. The molecular weight excluding hydrogens is 267 g/mol. The zero-order chi connectivity index (χ0) is 12.7. The molecule has 0 unspecified atom stereocenters. The summed E-state index contributed by atoms with van der Waals surface area (Å²) < 4.78 is 61.5. The third kappa shape index (κ3) is 18.9. The van der Waals surface area contributed by atoms with Gasteiger partial charge in [-0.05, 0) is 0 Å². The summed E-state index contributed by atoms with van der Waals surface area (Å²) in [5.74, 6) is -0.641. The molecule has 98 valence electrons. The Morgan fingerprint density at radius 2 is 1.29 bits per heavy atom. The average molecular weight is 282 g/mol. The van der Waals surface area contributed by atoms with Crippen LogP contribution in [0.15, 0.2) is 0 Å². The van der Waals surface area contributed by atoms with Gasteiger partial charge in [-0.15, -0.1) is 0 Å². The van der Waals surface area contributed by atoms with Gasteiger partial charge in [0, 0.05) is 6.26 Å². The third-order valence-corrected chi connectivity index (χ3v) is 3.02. The predicted molar refractivity (Wildman–Crippen MR) is 55.9 cm³/mol. The molecule has 0 amide bonds. The first-order valence-corrected chi connectivity index (χ1v) is 8.11. The molecule has 0 aliphatic rings. The van der Waals surface area contributed by atoms with Crippen molar-refractivity contribution in [2.24, 2.45) is 0 Å². The number of hydrogen-bond donors (Lipinski definition) is 0. The SMILES string of the molecule is CS(=O)(=O)CCOCCOCCS(=O)(=O)[O-].[Li+]. The predicted octanol–water partition coefficient (Wildman–Crippen LogP) is -4.39. The molecule has 17 heavy (non-hydrogen) atoms. The Morgan fingerprint density at radius 3 is 1.65 bits per heavy atom. The normalized spacial score (nSPS) is 12.1. The minimum Gasteiger partial charge on any atom is -0.748 e. The van der Waals surface area contributed by atoms with Gasteiger partial charge in [-0.1, -0.05) is 0 Å². The fourth-order valence-corrected chi connectivity index (χ4v) is 1.44. The van der Waals surface area contributed by atoms with Crippen LogP contribution in [-0.2, 0) is 29.4 Å². The number of rotatable bonds is 9. The van der Waals surface area contributed by atoms with Gasteiger partial charge in [-0.25, -0.2) is 16.8 Å². The first-order chi connectivity index (χ1) is 7.21. The summed E-state index contributed by atoms with van der Waals surface area (Å²) in [6.07, 6.45) is 1.10. The van der Waals surface area contributed by atoms with Gasteiger partial charge < -0.3 is 14.0 Å². The first-order valence-electron chi connectivity index (χ1n) is 4.47. The van der Waals surface area contributed by atoms with Crippen molar-refractivity contribution < 1.29 is 49.7 Å². The Hall–Kier alpha value is 0.377. The quantitative estimate of drug-likeness (QED) is 0.238. The molecule has 10 heteroatoms. The molecule has 0 aromatic rings. The van der Waals surface area contributed by atoms with Crippen molar-refractivity contribution in [2.45, 2.75) is 0 Å². The summed E-state index contributed by atoms with van der Waals surface area (Å²) >= 11 is 0. The maximum atomic E-state index is 10.7. The van der Waals surface area contributed by atoms with Crippen LogP contribution in [0.3, 0.4) is 0 Å². The van der Waals surface area contributed by atoms with E-state index in [2.05, 4.69) is 0 Å². The van der Waals surface area contributed by atoms with E-state index in [4.69, 9.17) is 9.47 Å². The van der Waals surface area contributed by atoms with E-state index in [1.165, 1.54) is 0 Å². The molecule has 0 spiro atoms. The fourth-order valence-electron chi connectivity index (χ4n) is 0.693. The van der Waals surface area contributed by atoms with Gasteiger partial charge in [0.15, 0.2) is 0 Å². The van der Waals surface area contributed by atoms with E-state index in [1.807, 2.05) is 0 Å². The molecule has 0 saturated carbocycles. The van der Waals surface area contributed by atoms with Crippen LogP contribution < -0.4 is 18.9 Å². The minimum absolute atomic E-state index is 0. The molecule has 0 N–H and O–H groups in total. The van der Waals surface area contributed by atoms with Crippen LogP contribution in [0.1, 0.15) is 0 Å². The largest absolute Gasteiger partial charge is 1.00 e. The van der Waals surface area contributed by atoms with Gasteiger partial charge in [0.05, 0.1) is 48.1 Å². The fraction of sp³-hybridized carbons (Fsp3) is 1.00. The molecule has 0 bridgehead atoms. The van der Waals surface area contributed by atoms with Crippen molar-refractivity contribution in [3.8, 4) is 0 Å². The second-order valence-electron chi connectivity index (χ2n) is 3.12. The zero-order valence-corrected chi connectivity index (χ0v) is 11.5. The number of sulfone groups is 1. The average Bonchev–Trinajstić information content (AvgIpc) is 2.06. The van der Waals surface area contributed by atoms with Gasteiger partial charge in [-0.3, -0.25) is 0 Å². The minimum atomic E-state index is -4.24. The molecule has 7 nitrogen and oxygen atoms in total. The molecule has 0 saturated heterocycles. The summed E-state index contributed by atoms with van der Waals surface area (Å²) in [6.45, 7) is 0.178. The maximum Gasteiger partial charge on any atom is 1.00 e. The second-order valence-corrected chi connectivity index (χ2v) is 6.90. The van der Waals surface area contributed by atoms with Crippen LogP contribution in [0.2, 0.25) is 0 Å². The van der Waals surface area contributed by atoms with Crippen LogP contribution >= 0.6 is 0 Å². The third-order valence-electron chi connectivity index (χ3n) is 1.45. The Balaban J connectivity index is 0. The molecule has 0 aromatic heterocycles. The van der Waals surface area contributed by atoms with E-state index in [9.17, 15) is 21.4 Å². The Morgan fingerprint density at radius 1 is 0.882 bits per heavy atom. The molecular formula is C7H15LiO7S2. The van der Waals surface area contributed by atoms with Gasteiger partial charge in [0.1, 0.15) is 9.84 Å². The van der Waals surface area contributed by atoms with E-state index < -0.39 is 25.7 Å². The molecule has 0 aromatic carbocycles. The molecule has 0 rings (SSSR count). The summed E-state index contributed by atoms with van der Waals surface area (Å²) in [4.78, 5) is 0. The van der Waals surface area contributed by atoms with Gasteiger partial charge >= 0.3 is 18.9 Å². The van der Waals surface area contributed by atoms with Crippen LogP contribution in [0.4, 0.5) is 0 Å². The Bertz CT molecular complexity index is 337. The van der Waals surface area contributed by atoms with Crippen LogP contribution in [-0.4, -0.2) is 65.6 Å². The van der Waals surface area contributed by atoms with Crippen LogP contribution in [0.25, 0.3) is 0 Å². The summed E-state index contributed by atoms with van der Waals surface area (Å²) in [5, 5.41) is 0. The van der Waals surface area contributed by atoms with Crippen molar-refractivity contribution in [1.29, 1.82) is 0 Å². The Kier molecular flexibility index (Phi) is 10.8.